The number of carbonyl (C=O) groups is 1. The van der Waals surface area contributed by atoms with Crippen molar-refractivity contribution >= 4 is 16.8 Å². The third-order valence-electron chi connectivity index (χ3n) is 5.26. The van der Waals surface area contributed by atoms with Crippen LogP contribution in [0.1, 0.15) is 12.8 Å². The minimum atomic E-state index is 0.000340. The summed E-state index contributed by atoms with van der Waals surface area (Å²) in [6.45, 7) is 2.08. The maximum absolute atomic E-state index is 12.6. The van der Waals surface area contributed by atoms with Gasteiger partial charge >= 0.3 is 0 Å². The van der Waals surface area contributed by atoms with Gasteiger partial charge in [0.1, 0.15) is 5.75 Å². The number of rotatable bonds is 5. The van der Waals surface area contributed by atoms with Gasteiger partial charge in [0.15, 0.2) is 6.61 Å². The number of fused-ring (bicyclic) bond motifs is 1. The lowest BCUT2D eigenvalue weighted by atomic mass is 9.96. The Balaban J connectivity index is 1.31. The molecule has 0 aliphatic carbocycles. The maximum Gasteiger partial charge on any atom is 0.261 e. The van der Waals surface area contributed by atoms with Crippen LogP contribution in [-0.2, 0) is 11.3 Å². The van der Waals surface area contributed by atoms with E-state index in [0.717, 1.165) is 18.4 Å². The van der Waals surface area contributed by atoms with Gasteiger partial charge in [-0.15, -0.1) is 0 Å². The highest BCUT2D eigenvalue weighted by Crippen LogP contribution is 2.19. The number of piperidine rings is 1. The first-order valence-corrected chi connectivity index (χ1v) is 9.60. The molecule has 1 aliphatic heterocycles. The number of para-hydroxylation sites is 2. The summed E-state index contributed by atoms with van der Waals surface area (Å²) in [5.41, 5.74) is 0.725. The fourth-order valence-corrected chi connectivity index (χ4v) is 3.63. The van der Waals surface area contributed by atoms with Gasteiger partial charge in [0.2, 0.25) is 0 Å². The second-order valence-corrected chi connectivity index (χ2v) is 7.15. The van der Waals surface area contributed by atoms with E-state index >= 15 is 0 Å². The highest BCUT2D eigenvalue weighted by Gasteiger charge is 2.23. The summed E-state index contributed by atoms with van der Waals surface area (Å²) in [4.78, 5) is 31.2. The van der Waals surface area contributed by atoms with E-state index in [-0.39, 0.29) is 18.1 Å². The minimum absolute atomic E-state index is 0.000340. The van der Waals surface area contributed by atoms with Gasteiger partial charge in [0.05, 0.1) is 17.2 Å². The highest BCUT2D eigenvalue weighted by atomic mass is 16.5. The summed E-state index contributed by atoms with van der Waals surface area (Å²) in [6, 6.07) is 16.8. The Bertz CT molecular complexity index is 1010. The minimum Gasteiger partial charge on any atom is -0.484 e. The van der Waals surface area contributed by atoms with Crippen LogP contribution in [0.3, 0.4) is 0 Å². The molecule has 3 aromatic rings. The molecule has 0 radical (unpaired) electrons. The van der Waals surface area contributed by atoms with Gasteiger partial charge in [-0.25, -0.2) is 4.98 Å². The van der Waals surface area contributed by atoms with Crippen LogP contribution in [0.15, 0.2) is 65.7 Å². The largest absolute Gasteiger partial charge is 0.484 e. The molecule has 2 heterocycles. The Hall–Kier alpha value is -3.15. The monoisotopic (exact) mass is 377 g/mol. The van der Waals surface area contributed by atoms with Crippen LogP contribution < -0.4 is 10.3 Å². The van der Waals surface area contributed by atoms with Crippen LogP contribution in [0.5, 0.6) is 5.75 Å². The Morgan fingerprint density at radius 2 is 1.75 bits per heavy atom. The van der Waals surface area contributed by atoms with Crippen LogP contribution in [0.2, 0.25) is 0 Å². The zero-order chi connectivity index (χ0) is 19.3. The number of likely N-dealkylation sites (tertiary alicyclic amines) is 1. The lowest BCUT2D eigenvalue weighted by Crippen LogP contribution is -2.42. The highest BCUT2D eigenvalue weighted by molar-refractivity contribution is 5.78. The molecule has 144 valence electrons. The predicted molar refractivity (Wildman–Crippen MR) is 107 cm³/mol. The number of benzene rings is 2. The molecular weight excluding hydrogens is 354 g/mol. The van der Waals surface area contributed by atoms with Gasteiger partial charge in [-0.1, -0.05) is 30.3 Å². The summed E-state index contributed by atoms with van der Waals surface area (Å²) in [6.07, 6.45) is 3.38. The maximum atomic E-state index is 12.6. The van der Waals surface area contributed by atoms with Gasteiger partial charge in [-0.3, -0.25) is 14.2 Å². The average Bonchev–Trinajstić information content (AvgIpc) is 2.75. The van der Waals surface area contributed by atoms with Crippen LogP contribution in [0, 0.1) is 5.92 Å². The summed E-state index contributed by atoms with van der Waals surface area (Å²) < 4.78 is 7.25. The van der Waals surface area contributed by atoms with Gasteiger partial charge in [-0.05, 0) is 43.0 Å². The first kappa shape index (κ1) is 18.2. The van der Waals surface area contributed by atoms with Crippen molar-refractivity contribution in [3.05, 3.63) is 71.3 Å². The molecule has 2 aromatic carbocycles. The van der Waals surface area contributed by atoms with Gasteiger partial charge in [0.25, 0.3) is 11.5 Å². The second-order valence-electron chi connectivity index (χ2n) is 7.15. The number of amides is 1. The van der Waals surface area contributed by atoms with Crippen molar-refractivity contribution in [2.45, 2.75) is 19.4 Å². The van der Waals surface area contributed by atoms with Gasteiger partial charge in [-0.2, -0.15) is 0 Å². The SMILES string of the molecule is O=C(COc1ccccc1)N1CCC(Cn2cnc3ccccc3c2=O)CC1. The van der Waals surface area contributed by atoms with E-state index in [9.17, 15) is 9.59 Å². The molecule has 6 nitrogen and oxygen atoms in total. The lowest BCUT2D eigenvalue weighted by molar-refractivity contribution is -0.134. The topological polar surface area (TPSA) is 64.4 Å². The number of carbonyl (C=O) groups excluding carboxylic acids is 1. The molecule has 6 heteroatoms. The quantitative estimate of drug-likeness (QED) is 0.686. The second kappa shape index (κ2) is 8.25. The molecule has 1 aliphatic rings. The number of ether oxygens (including phenoxy) is 1. The Morgan fingerprint density at radius 3 is 2.54 bits per heavy atom. The van der Waals surface area contributed by atoms with Crippen molar-refractivity contribution in [1.82, 2.24) is 14.5 Å². The molecule has 0 unspecified atom stereocenters. The van der Waals surface area contributed by atoms with E-state index in [1.807, 2.05) is 59.5 Å². The average molecular weight is 377 g/mol. The van der Waals surface area contributed by atoms with Crippen molar-refractivity contribution in [2.24, 2.45) is 5.92 Å². The van der Waals surface area contributed by atoms with Crippen molar-refractivity contribution < 1.29 is 9.53 Å². The number of nitrogens with zero attached hydrogens (tertiary/aromatic N) is 3. The Kier molecular flexibility index (Phi) is 5.37. The Labute approximate surface area is 163 Å². The number of aromatic nitrogens is 2. The molecule has 0 spiro atoms. The van der Waals surface area contributed by atoms with Crippen molar-refractivity contribution in [1.29, 1.82) is 0 Å². The molecule has 1 aromatic heterocycles. The van der Waals surface area contributed by atoms with Crippen LogP contribution in [0.25, 0.3) is 10.9 Å². The van der Waals surface area contributed by atoms with Gasteiger partial charge in [0, 0.05) is 19.6 Å². The van der Waals surface area contributed by atoms with E-state index in [4.69, 9.17) is 4.74 Å². The zero-order valence-electron chi connectivity index (χ0n) is 15.7. The van der Waals surface area contributed by atoms with Crippen LogP contribution >= 0.6 is 0 Å². The smallest absolute Gasteiger partial charge is 0.261 e. The van der Waals surface area contributed by atoms with Crippen LogP contribution in [0.4, 0.5) is 0 Å². The number of hydrogen-bond donors (Lipinski definition) is 0. The molecule has 28 heavy (non-hydrogen) atoms. The van der Waals surface area contributed by atoms with Crippen molar-refractivity contribution in [3.8, 4) is 5.75 Å². The van der Waals surface area contributed by atoms with Crippen molar-refractivity contribution in [3.63, 3.8) is 0 Å². The number of hydrogen-bond acceptors (Lipinski definition) is 4. The molecule has 0 N–H and O–H groups in total. The van der Waals surface area contributed by atoms with E-state index in [0.29, 0.717) is 36.7 Å². The lowest BCUT2D eigenvalue weighted by Gasteiger charge is -2.32. The van der Waals surface area contributed by atoms with Gasteiger partial charge < -0.3 is 9.64 Å². The fraction of sp³-hybridized carbons (Fsp3) is 0.318. The normalized spacial score (nSPS) is 14.9. The molecule has 1 fully saturated rings. The molecule has 0 bridgehead atoms. The third kappa shape index (κ3) is 4.06. The first-order chi connectivity index (χ1) is 13.7. The predicted octanol–water partition coefficient (Wildman–Crippen LogP) is 2.71. The van der Waals surface area contributed by atoms with E-state index < -0.39 is 0 Å². The molecule has 1 amide bonds. The van der Waals surface area contributed by atoms with E-state index in [2.05, 4.69) is 4.98 Å². The molecule has 4 rings (SSSR count). The zero-order valence-corrected chi connectivity index (χ0v) is 15.7. The molecule has 1 saturated heterocycles. The summed E-state index contributed by atoms with van der Waals surface area (Å²) in [7, 11) is 0. The Morgan fingerprint density at radius 1 is 1.04 bits per heavy atom. The first-order valence-electron chi connectivity index (χ1n) is 9.60. The summed E-state index contributed by atoms with van der Waals surface area (Å²) in [5, 5.41) is 0.649. The van der Waals surface area contributed by atoms with E-state index in [1.54, 1.807) is 10.9 Å². The summed E-state index contributed by atoms with van der Waals surface area (Å²) in [5.74, 6) is 1.07. The standard InChI is InChI=1S/C22H23N3O3/c26-21(15-28-18-6-2-1-3-7-18)24-12-10-17(11-13-24)14-25-16-23-20-9-5-4-8-19(20)22(25)27/h1-9,16-17H,10-15H2. The van der Waals surface area contributed by atoms with Crippen molar-refractivity contribution in [2.75, 3.05) is 19.7 Å². The molecule has 0 saturated carbocycles. The summed E-state index contributed by atoms with van der Waals surface area (Å²) >= 11 is 0. The third-order valence-corrected chi connectivity index (χ3v) is 5.26. The van der Waals surface area contributed by atoms with E-state index in [1.165, 1.54) is 0 Å². The molecule has 0 atom stereocenters. The van der Waals surface area contributed by atoms with Crippen LogP contribution in [-0.4, -0.2) is 40.1 Å². The fourth-order valence-electron chi connectivity index (χ4n) is 3.63. The molecular formula is C22H23N3O3.